The van der Waals surface area contributed by atoms with E-state index in [1.165, 1.54) is 11.1 Å². The van der Waals surface area contributed by atoms with E-state index in [2.05, 4.69) is 29.2 Å². The number of anilines is 1. The van der Waals surface area contributed by atoms with Gasteiger partial charge in [0.1, 0.15) is 5.82 Å². The Kier molecular flexibility index (Phi) is 4.09. The maximum Gasteiger partial charge on any atom is 0.255 e. The van der Waals surface area contributed by atoms with E-state index in [0.29, 0.717) is 5.56 Å². The number of hydrogen-bond donors (Lipinski definition) is 0. The number of pyridine rings is 1. The minimum absolute atomic E-state index is 0.0746. The molecule has 114 valence electrons. The Morgan fingerprint density at radius 3 is 2.18 bits per heavy atom. The van der Waals surface area contributed by atoms with Gasteiger partial charge >= 0.3 is 0 Å². The number of hydrogen-bond acceptors (Lipinski definition) is 3. The van der Waals surface area contributed by atoms with Gasteiger partial charge in [-0.25, -0.2) is 4.98 Å². The summed E-state index contributed by atoms with van der Waals surface area (Å²) >= 11 is 0. The molecule has 0 saturated heterocycles. The quantitative estimate of drug-likeness (QED) is 0.853. The van der Waals surface area contributed by atoms with Gasteiger partial charge < -0.3 is 9.80 Å². The molecular formula is C18H21N3O. The van der Waals surface area contributed by atoms with Crippen LogP contribution >= 0.6 is 0 Å². The van der Waals surface area contributed by atoms with Crippen molar-refractivity contribution in [3.05, 3.63) is 59.3 Å². The van der Waals surface area contributed by atoms with Crippen LogP contribution in [0.2, 0.25) is 0 Å². The average Bonchev–Trinajstić information content (AvgIpc) is 2.77. The Hall–Kier alpha value is -2.36. The Morgan fingerprint density at radius 2 is 1.68 bits per heavy atom. The van der Waals surface area contributed by atoms with Gasteiger partial charge in [-0.2, -0.15) is 0 Å². The van der Waals surface area contributed by atoms with Crippen LogP contribution < -0.4 is 4.90 Å². The topological polar surface area (TPSA) is 36.4 Å². The summed E-state index contributed by atoms with van der Waals surface area (Å²) in [5.74, 6) is 0.936. The number of fused-ring (bicyclic) bond motifs is 1. The number of amides is 1. The van der Waals surface area contributed by atoms with Gasteiger partial charge in [0.25, 0.3) is 5.91 Å². The number of benzene rings is 1. The first-order valence-electron chi connectivity index (χ1n) is 7.64. The summed E-state index contributed by atoms with van der Waals surface area (Å²) in [6.45, 7) is 1.54. The molecule has 1 aliphatic heterocycles. The summed E-state index contributed by atoms with van der Waals surface area (Å²) in [6.07, 6.45) is 3.52. The lowest BCUT2D eigenvalue weighted by molar-refractivity contribution is 0.0762. The van der Waals surface area contributed by atoms with Gasteiger partial charge in [0.05, 0.1) is 5.56 Å². The van der Waals surface area contributed by atoms with Crippen molar-refractivity contribution < 1.29 is 4.79 Å². The molecule has 1 amide bonds. The molecule has 0 fully saturated rings. The molecule has 4 nitrogen and oxygen atoms in total. The lowest BCUT2D eigenvalue weighted by Crippen LogP contribution is -2.33. The molecule has 3 rings (SSSR count). The highest BCUT2D eigenvalue weighted by Gasteiger charge is 2.19. The molecule has 0 saturated carbocycles. The molecule has 1 aliphatic rings. The zero-order valence-corrected chi connectivity index (χ0v) is 13.1. The monoisotopic (exact) mass is 295 g/mol. The molecule has 2 heterocycles. The van der Waals surface area contributed by atoms with E-state index >= 15 is 0 Å². The fourth-order valence-electron chi connectivity index (χ4n) is 2.83. The van der Waals surface area contributed by atoms with Gasteiger partial charge in [-0.15, -0.1) is 0 Å². The van der Waals surface area contributed by atoms with Crippen LogP contribution in [0.3, 0.4) is 0 Å². The normalized spacial score (nSPS) is 14.2. The lowest BCUT2D eigenvalue weighted by atomic mass is 10.0. The molecule has 22 heavy (non-hydrogen) atoms. The second kappa shape index (κ2) is 6.18. The van der Waals surface area contributed by atoms with E-state index in [0.717, 1.165) is 31.7 Å². The van der Waals surface area contributed by atoms with Crippen molar-refractivity contribution in [2.24, 2.45) is 0 Å². The van der Waals surface area contributed by atoms with Crippen molar-refractivity contribution in [1.29, 1.82) is 0 Å². The van der Waals surface area contributed by atoms with Crippen molar-refractivity contribution >= 4 is 11.7 Å². The van der Waals surface area contributed by atoms with Crippen LogP contribution in [0, 0.1) is 0 Å². The molecule has 4 heteroatoms. The molecule has 2 aromatic rings. The van der Waals surface area contributed by atoms with Crippen LogP contribution in [0.5, 0.6) is 0 Å². The molecule has 1 aromatic carbocycles. The van der Waals surface area contributed by atoms with Gasteiger partial charge in [-0.1, -0.05) is 24.3 Å². The van der Waals surface area contributed by atoms with Crippen molar-refractivity contribution in [3.8, 4) is 0 Å². The van der Waals surface area contributed by atoms with Gasteiger partial charge in [-0.3, -0.25) is 4.79 Å². The van der Waals surface area contributed by atoms with Gasteiger partial charge in [0, 0.05) is 33.4 Å². The molecule has 1 aromatic heterocycles. The van der Waals surface area contributed by atoms with Crippen LogP contribution in [-0.4, -0.2) is 43.0 Å². The zero-order chi connectivity index (χ0) is 15.5. The van der Waals surface area contributed by atoms with E-state index in [1.807, 2.05) is 36.0 Å². The fourth-order valence-corrected chi connectivity index (χ4v) is 2.83. The van der Waals surface area contributed by atoms with Gasteiger partial charge in [0.2, 0.25) is 0 Å². The first-order chi connectivity index (χ1) is 10.6. The third kappa shape index (κ3) is 2.96. The summed E-state index contributed by atoms with van der Waals surface area (Å²) in [5, 5.41) is 0. The Labute approximate surface area is 131 Å². The largest absolute Gasteiger partial charge is 0.363 e. The summed E-state index contributed by atoms with van der Waals surface area (Å²) in [7, 11) is 3.88. The highest BCUT2D eigenvalue weighted by molar-refractivity contribution is 5.94. The summed E-state index contributed by atoms with van der Waals surface area (Å²) in [4.78, 5) is 20.9. The summed E-state index contributed by atoms with van der Waals surface area (Å²) in [6, 6.07) is 12.2. The Morgan fingerprint density at radius 1 is 1.05 bits per heavy atom. The van der Waals surface area contributed by atoms with Crippen LogP contribution in [0.4, 0.5) is 5.82 Å². The number of carbonyl (C=O) groups excluding carboxylic acids is 1. The van der Waals surface area contributed by atoms with Crippen molar-refractivity contribution in [2.75, 3.05) is 32.1 Å². The molecule has 0 unspecified atom stereocenters. The Bertz CT molecular complexity index is 637. The number of carbonyl (C=O) groups is 1. The van der Waals surface area contributed by atoms with Crippen LogP contribution in [0.25, 0.3) is 0 Å². The minimum Gasteiger partial charge on any atom is -0.363 e. The number of aromatic nitrogens is 1. The molecule has 0 aliphatic carbocycles. The maximum absolute atomic E-state index is 12.7. The smallest absolute Gasteiger partial charge is 0.255 e. The predicted octanol–water partition coefficient (Wildman–Crippen LogP) is 2.39. The number of rotatable bonds is 2. The SMILES string of the molecule is CN(C)c1ccc(C(=O)N2CCc3ccccc3CC2)cn1. The second-order valence-electron chi connectivity index (χ2n) is 5.86. The van der Waals surface area contributed by atoms with Gasteiger partial charge in [0.15, 0.2) is 0 Å². The zero-order valence-electron chi connectivity index (χ0n) is 13.1. The second-order valence-corrected chi connectivity index (χ2v) is 5.86. The first kappa shape index (κ1) is 14.6. The van der Waals surface area contributed by atoms with Crippen LogP contribution in [-0.2, 0) is 12.8 Å². The molecule has 0 radical (unpaired) electrons. The molecule has 0 N–H and O–H groups in total. The standard InChI is InChI=1S/C18H21N3O/c1-20(2)17-8-7-16(13-19-17)18(22)21-11-9-14-5-3-4-6-15(14)10-12-21/h3-8,13H,9-12H2,1-2H3. The average molecular weight is 295 g/mol. The summed E-state index contributed by atoms with van der Waals surface area (Å²) < 4.78 is 0. The number of nitrogens with zero attached hydrogens (tertiary/aromatic N) is 3. The van der Waals surface area contributed by atoms with Crippen LogP contribution in [0.1, 0.15) is 21.5 Å². The predicted molar refractivity (Wildman–Crippen MR) is 88.3 cm³/mol. The Balaban J connectivity index is 1.73. The van der Waals surface area contributed by atoms with Crippen molar-refractivity contribution in [3.63, 3.8) is 0 Å². The third-order valence-corrected chi connectivity index (χ3v) is 4.16. The molecule has 0 atom stereocenters. The molecular weight excluding hydrogens is 274 g/mol. The van der Waals surface area contributed by atoms with Crippen LogP contribution in [0.15, 0.2) is 42.6 Å². The van der Waals surface area contributed by atoms with E-state index in [1.54, 1.807) is 6.20 Å². The summed E-state index contributed by atoms with van der Waals surface area (Å²) in [5.41, 5.74) is 3.38. The highest BCUT2D eigenvalue weighted by atomic mass is 16.2. The lowest BCUT2D eigenvalue weighted by Gasteiger charge is -2.20. The molecule has 0 spiro atoms. The van der Waals surface area contributed by atoms with E-state index < -0.39 is 0 Å². The first-order valence-corrected chi connectivity index (χ1v) is 7.64. The highest BCUT2D eigenvalue weighted by Crippen LogP contribution is 2.17. The molecule has 0 bridgehead atoms. The van der Waals surface area contributed by atoms with E-state index in [9.17, 15) is 4.79 Å². The van der Waals surface area contributed by atoms with Gasteiger partial charge in [-0.05, 0) is 36.1 Å². The minimum atomic E-state index is 0.0746. The van der Waals surface area contributed by atoms with E-state index in [4.69, 9.17) is 0 Å². The van der Waals surface area contributed by atoms with Crippen molar-refractivity contribution in [2.45, 2.75) is 12.8 Å². The maximum atomic E-state index is 12.7. The van der Waals surface area contributed by atoms with E-state index in [-0.39, 0.29) is 5.91 Å². The van der Waals surface area contributed by atoms with Crippen molar-refractivity contribution in [1.82, 2.24) is 9.88 Å². The fraction of sp³-hybridized carbons (Fsp3) is 0.333. The third-order valence-electron chi connectivity index (χ3n) is 4.16.